The molecular weight excluding hydrogens is 289 g/mol. The summed E-state index contributed by atoms with van der Waals surface area (Å²) >= 11 is 13.8. The molecule has 5 heteroatoms. The highest BCUT2D eigenvalue weighted by Gasteiger charge is 2.24. The van der Waals surface area contributed by atoms with Crippen molar-refractivity contribution in [2.75, 3.05) is 0 Å². The standard InChI is InChI=1S/C13H9Cl2NOS/c14-7-3-1-4-8(15)11(7)13-16-12-9(17)5-2-6-10(12)18-13/h1,3-4H,2,5-6H2. The van der Waals surface area contributed by atoms with E-state index in [-0.39, 0.29) is 5.78 Å². The largest absolute Gasteiger partial charge is 0.292 e. The fraction of sp³-hybridized carbons (Fsp3) is 0.231. The minimum absolute atomic E-state index is 0.127. The van der Waals surface area contributed by atoms with E-state index in [1.54, 1.807) is 18.2 Å². The molecule has 3 rings (SSSR count). The molecule has 1 aromatic carbocycles. The smallest absolute Gasteiger partial charge is 0.182 e. The van der Waals surface area contributed by atoms with E-state index in [1.165, 1.54) is 11.3 Å². The summed E-state index contributed by atoms with van der Waals surface area (Å²) in [6.45, 7) is 0. The quantitative estimate of drug-likeness (QED) is 0.768. The van der Waals surface area contributed by atoms with Gasteiger partial charge in [0.1, 0.15) is 10.7 Å². The third-order valence-corrected chi connectivity index (χ3v) is 4.71. The lowest BCUT2D eigenvalue weighted by atomic mass is 10.0. The van der Waals surface area contributed by atoms with Crippen LogP contribution in [-0.2, 0) is 6.42 Å². The van der Waals surface area contributed by atoms with Gasteiger partial charge in [0, 0.05) is 16.9 Å². The Hall–Kier alpha value is -0.900. The van der Waals surface area contributed by atoms with Crippen LogP contribution in [0, 0.1) is 0 Å². The molecule has 0 atom stereocenters. The van der Waals surface area contributed by atoms with Gasteiger partial charge in [-0.25, -0.2) is 4.98 Å². The Balaban J connectivity index is 2.16. The number of benzene rings is 1. The van der Waals surface area contributed by atoms with Crippen LogP contribution in [0.3, 0.4) is 0 Å². The second-order valence-corrected chi connectivity index (χ2v) is 6.06. The maximum atomic E-state index is 11.8. The summed E-state index contributed by atoms with van der Waals surface area (Å²) in [5.41, 5.74) is 1.34. The molecule has 1 aliphatic carbocycles. The molecule has 0 fully saturated rings. The van der Waals surface area contributed by atoms with E-state index < -0.39 is 0 Å². The topological polar surface area (TPSA) is 30.0 Å². The lowest BCUT2D eigenvalue weighted by Gasteiger charge is -2.06. The molecule has 1 aromatic heterocycles. The molecule has 0 saturated heterocycles. The Morgan fingerprint density at radius 3 is 2.56 bits per heavy atom. The Labute approximate surface area is 119 Å². The van der Waals surface area contributed by atoms with E-state index >= 15 is 0 Å². The zero-order valence-electron chi connectivity index (χ0n) is 9.37. The number of Topliss-reactive ketones (excluding diaryl/α,β-unsaturated/α-hetero) is 1. The number of aromatic nitrogens is 1. The van der Waals surface area contributed by atoms with Crippen molar-refractivity contribution in [2.24, 2.45) is 0 Å². The van der Waals surface area contributed by atoms with Crippen molar-refractivity contribution in [3.8, 4) is 10.6 Å². The Kier molecular flexibility index (Phi) is 3.14. The normalized spacial score (nSPS) is 14.7. The van der Waals surface area contributed by atoms with Crippen LogP contribution in [0.1, 0.15) is 28.2 Å². The molecule has 0 radical (unpaired) electrons. The molecule has 0 spiro atoms. The maximum absolute atomic E-state index is 11.8. The molecule has 18 heavy (non-hydrogen) atoms. The average Bonchev–Trinajstić information content (AvgIpc) is 2.74. The molecule has 1 aliphatic rings. The molecule has 92 valence electrons. The maximum Gasteiger partial charge on any atom is 0.182 e. The van der Waals surface area contributed by atoms with E-state index in [4.69, 9.17) is 23.2 Å². The summed E-state index contributed by atoms with van der Waals surface area (Å²) in [5.74, 6) is 0.127. The minimum atomic E-state index is 0.127. The molecule has 0 unspecified atom stereocenters. The molecule has 0 saturated carbocycles. The van der Waals surface area contributed by atoms with Gasteiger partial charge in [0.25, 0.3) is 0 Å². The highest BCUT2D eigenvalue weighted by atomic mass is 35.5. The monoisotopic (exact) mass is 297 g/mol. The van der Waals surface area contributed by atoms with Crippen LogP contribution in [0.2, 0.25) is 10.0 Å². The van der Waals surface area contributed by atoms with Gasteiger partial charge in [-0.2, -0.15) is 0 Å². The fourth-order valence-electron chi connectivity index (χ4n) is 2.08. The van der Waals surface area contributed by atoms with Gasteiger partial charge >= 0.3 is 0 Å². The molecule has 1 heterocycles. The highest BCUT2D eigenvalue weighted by molar-refractivity contribution is 7.15. The summed E-state index contributed by atoms with van der Waals surface area (Å²) in [6, 6.07) is 5.36. The highest BCUT2D eigenvalue weighted by Crippen LogP contribution is 2.39. The first-order chi connectivity index (χ1) is 8.66. The summed E-state index contributed by atoms with van der Waals surface area (Å²) < 4.78 is 0. The van der Waals surface area contributed by atoms with Gasteiger partial charge in [-0.3, -0.25) is 4.79 Å². The number of ketones is 1. The zero-order valence-corrected chi connectivity index (χ0v) is 11.7. The van der Waals surface area contributed by atoms with Crippen LogP contribution in [0.15, 0.2) is 18.2 Å². The summed E-state index contributed by atoms with van der Waals surface area (Å²) in [4.78, 5) is 17.3. The third kappa shape index (κ3) is 1.96. The van der Waals surface area contributed by atoms with Crippen molar-refractivity contribution in [3.05, 3.63) is 38.8 Å². The number of aryl methyl sites for hydroxylation is 1. The number of halogens is 2. The molecular formula is C13H9Cl2NOS. The number of hydrogen-bond acceptors (Lipinski definition) is 3. The van der Waals surface area contributed by atoms with Gasteiger partial charge in [0.05, 0.1) is 10.0 Å². The van der Waals surface area contributed by atoms with Crippen LogP contribution in [0.4, 0.5) is 0 Å². The van der Waals surface area contributed by atoms with Gasteiger partial charge in [-0.05, 0) is 25.0 Å². The van der Waals surface area contributed by atoms with Crippen LogP contribution < -0.4 is 0 Å². The molecule has 0 bridgehead atoms. The summed E-state index contributed by atoms with van der Waals surface area (Å²) in [5, 5.41) is 1.88. The number of thiazole rings is 1. The first-order valence-corrected chi connectivity index (χ1v) is 7.21. The third-order valence-electron chi connectivity index (χ3n) is 2.95. The van der Waals surface area contributed by atoms with E-state index in [0.717, 1.165) is 28.3 Å². The number of nitrogens with zero attached hydrogens (tertiary/aromatic N) is 1. The van der Waals surface area contributed by atoms with Gasteiger partial charge < -0.3 is 0 Å². The predicted octanol–water partition coefficient (Wildman–Crippen LogP) is 4.64. The van der Waals surface area contributed by atoms with Crippen molar-refractivity contribution < 1.29 is 4.79 Å². The SMILES string of the molecule is O=C1CCCc2sc(-c3c(Cl)cccc3Cl)nc21. The second kappa shape index (κ2) is 4.65. The van der Waals surface area contributed by atoms with Crippen molar-refractivity contribution in [1.29, 1.82) is 0 Å². The van der Waals surface area contributed by atoms with Crippen LogP contribution in [0.5, 0.6) is 0 Å². The molecule has 2 aromatic rings. The van der Waals surface area contributed by atoms with Crippen molar-refractivity contribution in [1.82, 2.24) is 4.98 Å². The molecule has 0 N–H and O–H groups in total. The number of carbonyl (C=O) groups is 1. The molecule has 0 aliphatic heterocycles. The predicted molar refractivity (Wildman–Crippen MR) is 74.8 cm³/mol. The van der Waals surface area contributed by atoms with E-state index in [1.807, 2.05) is 0 Å². The summed E-state index contributed by atoms with van der Waals surface area (Å²) in [7, 11) is 0. The number of carbonyl (C=O) groups excluding carboxylic acids is 1. The van der Waals surface area contributed by atoms with Crippen LogP contribution in [0.25, 0.3) is 10.6 Å². The Bertz CT molecular complexity index is 616. The average molecular weight is 298 g/mol. The van der Waals surface area contributed by atoms with E-state index in [0.29, 0.717) is 22.2 Å². The van der Waals surface area contributed by atoms with Gasteiger partial charge in [-0.15, -0.1) is 11.3 Å². The minimum Gasteiger partial charge on any atom is -0.292 e. The number of fused-ring (bicyclic) bond motifs is 1. The fourth-order valence-corrected chi connectivity index (χ4v) is 3.96. The first-order valence-electron chi connectivity index (χ1n) is 5.64. The van der Waals surface area contributed by atoms with Crippen molar-refractivity contribution in [2.45, 2.75) is 19.3 Å². The van der Waals surface area contributed by atoms with Gasteiger partial charge in [-0.1, -0.05) is 29.3 Å². The Morgan fingerprint density at radius 1 is 1.17 bits per heavy atom. The lowest BCUT2D eigenvalue weighted by molar-refractivity contribution is 0.0968. The van der Waals surface area contributed by atoms with E-state index in [2.05, 4.69) is 4.98 Å². The number of hydrogen-bond donors (Lipinski definition) is 0. The van der Waals surface area contributed by atoms with Crippen molar-refractivity contribution in [3.63, 3.8) is 0 Å². The molecule has 0 amide bonds. The first kappa shape index (κ1) is 12.2. The van der Waals surface area contributed by atoms with Crippen LogP contribution >= 0.6 is 34.5 Å². The second-order valence-electron chi connectivity index (χ2n) is 4.16. The molecule has 2 nitrogen and oxygen atoms in total. The Morgan fingerprint density at radius 2 is 1.89 bits per heavy atom. The van der Waals surface area contributed by atoms with E-state index in [9.17, 15) is 4.79 Å². The zero-order chi connectivity index (χ0) is 12.7. The van der Waals surface area contributed by atoms with Crippen LogP contribution in [-0.4, -0.2) is 10.8 Å². The lowest BCUT2D eigenvalue weighted by Crippen LogP contribution is -2.08. The van der Waals surface area contributed by atoms with Crippen molar-refractivity contribution >= 4 is 40.3 Å². The van der Waals surface area contributed by atoms with Gasteiger partial charge in [0.2, 0.25) is 0 Å². The number of rotatable bonds is 1. The summed E-state index contributed by atoms with van der Waals surface area (Å²) in [6.07, 6.45) is 2.41. The van der Waals surface area contributed by atoms with Gasteiger partial charge in [0.15, 0.2) is 5.78 Å².